The standard InChI is InChI=1S/C25H33N7O2.C3H8O/c1-15-11-22(31-30-15)28-21-14-20-19(9-6-10-26-20)23(29-21)27-16-12-17-7-5-8-18(13-16)32(17)24(33)34-25(2,3)4;1-2-3-4/h6,9-11,14,16-18H,5,7-8,12-13H2,1-4H3,(H3,27,28,29,30,31);4H,2-3H2,1H3/t16?,17-,18+;. The van der Waals surface area contributed by atoms with Gasteiger partial charge in [-0.15, -0.1) is 0 Å². The van der Waals surface area contributed by atoms with Gasteiger partial charge in [-0.05, 0) is 78.4 Å². The van der Waals surface area contributed by atoms with Gasteiger partial charge in [-0.2, -0.15) is 5.10 Å². The minimum absolute atomic E-state index is 0.178. The number of piperidine rings is 2. The van der Waals surface area contributed by atoms with Crippen LogP contribution in [0.4, 0.5) is 22.2 Å². The molecule has 2 aliphatic heterocycles. The van der Waals surface area contributed by atoms with Crippen molar-refractivity contribution in [3.05, 3.63) is 36.2 Å². The molecule has 3 atom stereocenters. The van der Waals surface area contributed by atoms with Crippen LogP contribution in [0, 0.1) is 6.92 Å². The Kier molecular flexibility index (Phi) is 8.71. The largest absolute Gasteiger partial charge is 0.444 e. The first kappa shape index (κ1) is 27.6. The lowest BCUT2D eigenvalue weighted by atomic mass is 9.82. The Bertz CT molecular complexity index is 1210. The first-order chi connectivity index (χ1) is 18.2. The summed E-state index contributed by atoms with van der Waals surface area (Å²) in [5.74, 6) is 2.20. The van der Waals surface area contributed by atoms with Crippen LogP contribution < -0.4 is 10.6 Å². The zero-order chi connectivity index (χ0) is 27.3. The number of aryl methyl sites for hydroxylation is 1. The zero-order valence-corrected chi connectivity index (χ0v) is 23.1. The highest BCUT2D eigenvalue weighted by Crippen LogP contribution is 2.37. The van der Waals surface area contributed by atoms with Gasteiger partial charge in [0.2, 0.25) is 0 Å². The molecule has 0 saturated carbocycles. The summed E-state index contributed by atoms with van der Waals surface area (Å²) in [6.07, 6.45) is 7.37. The number of aliphatic hydroxyl groups is 1. The summed E-state index contributed by atoms with van der Waals surface area (Å²) in [5, 5.41) is 23.0. The maximum absolute atomic E-state index is 12.9. The number of amides is 1. The molecule has 0 radical (unpaired) electrons. The summed E-state index contributed by atoms with van der Waals surface area (Å²) in [6.45, 7) is 9.97. The lowest BCUT2D eigenvalue weighted by Crippen LogP contribution is -2.58. The monoisotopic (exact) mass is 523 g/mol. The Labute approximate surface area is 224 Å². The lowest BCUT2D eigenvalue weighted by Gasteiger charge is -2.48. The molecule has 0 spiro atoms. The van der Waals surface area contributed by atoms with Crippen molar-refractivity contribution in [1.82, 2.24) is 25.1 Å². The van der Waals surface area contributed by atoms with Gasteiger partial charge in [0.25, 0.3) is 0 Å². The highest BCUT2D eigenvalue weighted by atomic mass is 16.6. The van der Waals surface area contributed by atoms with E-state index in [0.717, 1.165) is 60.9 Å². The summed E-state index contributed by atoms with van der Waals surface area (Å²) >= 11 is 0. The van der Waals surface area contributed by atoms with E-state index in [4.69, 9.17) is 14.8 Å². The third-order valence-corrected chi connectivity index (χ3v) is 6.70. The molecule has 3 aromatic heterocycles. The topological polar surface area (TPSA) is 128 Å². The number of hydrogen-bond acceptors (Lipinski definition) is 8. The molecule has 5 heterocycles. The second-order valence-corrected chi connectivity index (χ2v) is 11.1. The molecule has 2 aliphatic rings. The third kappa shape index (κ3) is 6.92. The minimum Gasteiger partial charge on any atom is -0.444 e. The van der Waals surface area contributed by atoms with Crippen molar-refractivity contribution in [1.29, 1.82) is 0 Å². The van der Waals surface area contributed by atoms with Crippen molar-refractivity contribution in [2.24, 2.45) is 0 Å². The molecule has 1 amide bonds. The van der Waals surface area contributed by atoms with Gasteiger partial charge in [-0.1, -0.05) is 6.92 Å². The van der Waals surface area contributed by atoms with Crippen molar-refractivity contribution >= 4 is 34.4 Å². The number of H-pyrrole nitrogens is 1. The molecule has 10 heteroatoms. The quantitative estimate of drug-likeness (QED) is 0.344. The Morgan fingerprint density at radius 3 is 2.53 bits per heavy atom. The molecule has 2 bridgehead atoms. The lowest BCUT2D eigenvalue weighted by molar-refractivity contribution is -0.0199. The third-order valence-electron chi connectivity index (χ3n) is 6.70. The fourth-order valence-electron chi connectivity index (χ4n) is 5.17. The van der Waals surface area contributed by atoms with E-state index in [-0.39, 0.29) is 24.2 Å². The summed E-state index contributed by atoms with van der Waals surface area (Å²) in [5.41, 5.74) is 1.35. The molecule has 0 aliphatic carbocycles. The van der Waals surface area contributed by atoms with Crippen LogP contribution in [0.2, 0.25) is 0 Å². The molecule has 4 N–H and O–H groups in total. The maximum atomic E-state index is 12.9. The van der Waals surface area contributed by atoms with E-state index in [0.29, 0.717) is 18.2 Å². The molecular formula is C28H41N7O3. The fraction of sp³-hybridized carbons (Fsp3) is 0.571. The summed E-state index contributed by atoms with van der Waals surface area (Å²) < 4.78 is 5.73. The van der Waals surface area contributed by atoms with Crippen LogP contribution in [0.5, 0.6) is 0 Å². The molecule has 38 heavy (non-hydrogen) atoms. The number of aliphatic hydroxyl groups excluding tert-OH is 1. The molecule has 1 unspecified atom stereocenters. The highest BCUT2D eigenvalue weighted by Gasteiger charge is 2.42. The number of aromatic amines is 1. The average Bonchev–Trinajstić information content (AvgIpc) is 3.27. The number of aromatic nitrogens is 4. The number of nitrogens with zero attached hydrogens (tertiary/aromatic N) is 4. The van der Waals surface area contributed by atoms with E-state index in [2.05, 4.69) is 25.8 Å². The van der Waals surface area contributed by atoms with Crippen LogP contribution in [0.25, 0.3) is 10.9 Å². The van der Waals surface area contributed by atoms with Crippen molar-refractivity contribution < 1.29 is 14.6 Å². The van der Waals surface area contributed by atoms with Gasteiger partial charge in [0, 0.05) is 54.1 Å². The van der Waals surface area contributed by atoms with Crippen molar-refractivity contribution in [3.63, 3.8) is 0 Å². The molecule has 5 rings (SSSR count). The fourth-order valence-corrected chi connectivity index (χ4v) is 5.17. The van der Waals surface area contributed by atoms with Crippen molar-refractivity contribution in [2.75, 3.05) is 17.2 Å². The summed E-state index contributed by atoms with van der Waals surface area (Å²) in [4.78, 5) is 24.4. The number of hydrogen-bond donors (Lipinski definition) is 4. The predicted molar refractivity (Wildman–Crippen MR) is 150 cm³/mol. The SMILES string of the molecule is CCCO.Cc1cc(Nc2cc3ncccc3c(NC3C[C@H]4CCC[C@@H](C3)N4C(=O)OC(C)(C)C)n2)n[nH]1. The Balaban J connectivity index is 0.000000786. The van der Waals surface area contributed by atoms with E-state index in [9.17, 15) is 4.79 Å². The predicted octanol–water partition coefficient (Wildman–Crippen LogP) is 5.53. The average molecular weight is 524 g/mol. The van der Waals surface area contributed by atoms with Crippen molar-refractivity contribution in [2.45, 2.75) is 96.9 Å². The van der Waals surface area contributed by atoms with Crippen LogP contribution in [0.3, 0.4) is 0 Å². The number of carbonyl (C=O) groups excluding carboxylic acids is 1. The van der Waals surface area contributed by atoms with E-state index >= 15 is 0 Å². The van der Waals surface area contributed by atoms with Crippen LogP contribution in [0.1, 0.15) is 71.9 Å². The number of pyridine rings is 2. The maximum Gasteiger partial charge on any atom is 0.410 e. The van der Waals surface area contributed by atoms with Gasteiger partial charge in [0.15, 0.2) is 5.82 Å². The first-order valence-corrected chi connectivity index (χ1v) is 13.6. The number of ether oxygens (including phenoxy) is 1. The second kappa shape index (κ2) is 12.0. The number of carbonyl (C=O) groups is 1. The van der Waals surface area contributed by atoms with E-state index in [1.54, 1.807) is 6.20 Å². The van der Waals surface area contributed by atoms with Crippen LogP contribution in [0.15, 0.2) is 30.5 Å². The summed E-state index contributed by atoms with van der Waals surface area (Å²) in [7, 11) is 0. The van der Waals surface area contributed by atoms with Crippen molar-refractivity contribution in [3.8, 4) is 0 Å². The van der Waals surface area contributed by atoms with Gasteiger partial charge in [0.05, 0.1) is 5.52 Å². The Morgan fingerprint density at radius 1 is 1.21 bits per heavy atom. The highest BCUT2D eigenvalue weighted by molar-refractivity contribution is 5.91. The molecule has 0 aromatic carbocycles. The smallest absolute Gasteiger partial charge is 0.410 e. The van der Waals surface area contributed by atoms with Crippen LogP contribution in [-0.4, -0.2) is 66.6 Å². The second-order valence-electron chi connectivity index (χ2n) is 11.1. The van der Waals surface area contributed by atoms with E-state index in [1.165, 1.54) is 0 Å². The van der Waals surface area contributed by atoms with E-state index < -0.39 is 5.60 Å². The van der Waals surface area contributed by atoms with Gasteiger partial charge in [-0.25, -0.2) is 9.78 Å². The molecule has 2 saturated heterocycles. The number of anilines is 3. The van der Waals surface area contributed by atoms with Crippen LogP contribution in [-0.2, 0) is 4.74 Å². The van der Waals surface area contributed by atoms with Gasteiger partial charge in [0.1, 0.15) is 17.2 Å². The molecule has 3 aromatic rings. The molecule has 206 valence electrons. The van der Waals surface area contributed by atoms with Gasteiger partial charge in [-0.3, -0.25) is 10.1 Å². The van der Waals surface area contributed by atoms with E-state index in [1.807, 2.05) is 63.8 Å². The van der Waals surface area contributed by atoms with Crippen LogP contribution >= 0.6 is 0 Å². The molecular weight excluding hydrogens is 482 g/mol. The summed E-state index contributed by atoms with van der Waals surface area (Å²) in [6, 6.07) is 8.41. The Morgan fingerprint density at radius 2 is 1.92 bits per heavy atom. The normalized spacial score (nSPS) is 20.9. The number of fused-ring (bicyclic) bond motifs is 3. The van der Waals surface area contributed by atoms with Gasteiger partial charge >= 0.3 is 6.09 Å². The zero-order valence-electron chi connectivity index (χ0n) is 23.1. The Hall–Kier alpha value is -3.40. The molecule has 10 nitrogen and oxygen atoms in total. The number of nitrogens with one attached hydrogen (secondary N) is 3. The first-order valence-electron chi connectivity index (χ1n) is 13.6. The molecule has 2 fully saturated rings. The number of rotatable bonds is 5. The van der Waals surface area contributed by atoms with Gasteiger partial charge < -0.3 is 25.4 Å². The minimum atomic E-state index is -0.489.